The van der Waals surface area contributed by atoms with Crippen LogP contribution in [-0.2, 0) is 29.9 Å². The highest BCUT2D eigenvalue weighted by Gasteiger charge is 2.28. The van der Waals surface area contributed by atoms with Crippen molar-refractivity contribution in [1.29, 1.82) is 0 Å². The van der Waals surface area contributed by atoms with Gasteiger partial charge in [-0.05, 0) is 54.5 Å². The molecule has 0 atom stereocenters. The van der Waals surface area contributed by atoms with E-state index in [0.29, 0.717) is 18.0 Å². The molecule has 0 fully saturated rings. The Balaban J connectivity index is 1.62. The van der Waals surface area contributed by atoms with E-state index in [1.54, 1.807) is 21.3 Å². The van der Waals surface area contributed by atoms with E-state index in [0.717, 1.165) is 36.8 Å². The Morgan fingerprint density at radius 2 is 2.00 bits per heavy atom. The van der Waals surface area contributed by atoms with Gasteiger partial charge in [0, 0.05) is 31.9 Å². The Hall–Kier alpha value is -1.92. The molecule has 24 heavy (non-hydrogen) atoms. The van der Waals surface area contributed by atoms with Gasteiger partial charge in [0.1, 0.15) is 0 Å². The number of fused-ring (bicyclic) bond motifs is 1. The quantitative estimate of drug-likeness (QED) is 0.860. The molecule has 0 spiro atoms. The molecule has 0 saturated carbocycles. The van der Waals surface area contributed by atoms with E-state index >= 15 is 0 Å². The van der Waals surface area contributed by atoms with Crippen molar-refractivity contribution in [3.8, 4) is 0 Å². The van der Waals surface area contributed by atoms with Crippen molar-refractivity contribution in [2.45, 2.75) is 30.6 Å². The number of benzene rings is 1. The number of nitrogens with zero attached hydrogens (tertiary/aromatic N) is 3. The van der Waals surface area contributed by atoms with Crippen LogP contribution in [-0.4, -0.2) is 35.6 Å². The maximum atomic E-state index is 13.0. The summed E-state index contributed by atoms with van der Waals surface area (Å²) >= 11 is 0. The maximum absolute atomic E-state index is 13.0. The number of hydrogen-bond donors (Lipinski definition) is 0. The van der Waals surface area contributed by atoms with Gasteiger partial charge in [-0.15, -0.1) is 0 Å². The van der Waals surface area contributed by atoms with Gasteiger partial charge in [0.2, 0.25) is 10.0 Å². The normalized spacial score (nSPS) is 18.5. The molecule has 5 nitrogen and oxygen atoms in total. The minimum atomic E-state index is -3.45. The lowest BCUT2D eigenvalue weighted by Crippen LogP contribution is -2.35. The van der Waals surface area contributed by atoms with Gasteiger partial charge in [-0.1, -0.05) is 12.1 Å². The fourth-order valence-electron chi connectivity index (χ4n) is 3.58. The van der Waals surface area contributed by atoms with Crippen molar-refractivity contribution in [3.63, 3.8) is 0 Å². The summed E-state index contributed by atoms with van der Waals surface area (Å²) in [5, 5.41) is 4.18. The van der Waals surface area contributed by atoms with E-state index in [-0.39, 0.29) is 0 Å². The van der Waals surface area contributed by atoms with Gasteiger partial charge in [0.05, 0.1) is 11.1 Å². The molecule has 0 saturated heterocycles. The van der Waals surface area contributed by atoms with Crippen LogP contribution in [0.1, 0.15) is 29.5 Å². The molecular weight excluding hydrogens is 322 g/mol. The van der Waals surface area contributed by atoms with E-state index in [9.17, 15) is 8.42 Å². The molecule has 1 aromatic carbocycles. The molecule has 2 aliphatic rings. The number of aromatic nitrogens is 2. The molecule has 1 aliphatic carbocycles. The Kier molecular flexibility index (Phi) is 3.81. The van der Waals surface area contributed by atoms with Gasteiger partial charge in [-0.3, -0.25) is 4.68 Å². The molecule has 2 aromatic rings. The van der Waals surface area contributed by atoms with Crippen molar-refractivity contribution in [1.82, 2.24) is 14.1 Å². The Morgan fingerprint density at radius 1 is 1.17 bits per heavy atom. The van der Waals surface area contributed by atoms with Crippen molar-refractivity contribution < 1.29 is 8.42 Å². The lowest BCUT2D eigenvalue weighted by Gasteiger charge is -2.26. The van der Waals surface area contributed by atoms with Crippen molar-refractivity contribution in [2.75, 3.05) is 13.1 Å². The summed E-state index contributed by atoms with van der Waals surface area (Å²) in [7, 11) is -1.59. The van der Waals surface area contributed by atoms with Gasteiger partial charge in [-0.25, -0.2) is 8.42 Å². The highest BCUT2D eigenvalue weighted by Crippen LogP contribution is 2.29. The largest absolute Gasteiger partial charge is 0.275 e. The molecule has 1 aliphatic heterocycles. The average molecular weight is 343 g/mol. The first-order valence-electron chi connectivity index (χ1n) is 8.34. The van der Waals surface area contributed by atoms with Gasteiger partial charge in [0.25, 0.3) is 0 Å². The van der Waals surface area contributed by atoms with Crippen LogP contribution >= 0.6 is 0 Å². The summed E-state index contributed by atoms with van der Waals surface area (Å²) in [5.41, 5.74) is 4.50. The molecule has 0 N–H and O–H groups in total. The minimum Gasteiger partial charge on any atom is -0.275 e. The van der Waals surface area contributed by atoms with Gasteiger partial charge in [-0.2, -0.15) is 9.40 Å². The zero-order chi connectivity index (χ0) is 16.7. The monoisotopic (exact) mass is 343 g/mol. The SMILES string of the molecule is Cn1cc(C2=CCCN(S(=O)(=O)c3ccc4c(c3)CCC4)C2)cn1. The zero-order valence-electron chi connectivity index (χ0n) is 13.8. The molecular formula is C18H21N3O2S. The van der Waals surface area contributed by atoms with Crippen LogP contribution in [0.15, 0.2) is 41.6 Å². The predicted octanol–water partition coefficient (Wildman–Crippen LogP) is 2.39. The standard InChI is InChI=1S/C18H21N3O2S/c1-20-12-17(11-19-20)16-6-3-9-21(13-16)24(22,23)18-8-7-14-4-2-5-15(14)10-18/h6-8,10-12H,2-5,9,13H2,1H3. The zero-order valence-corrected chi connectivity index (χ0v) is 14.6. The van der Waals surface area contributed by atoms with E-state index in [1.807, 2.05) is 25.4 Å². The molecule has 2 heterocycles. The van der Waals surface area contributed by atoms with E-state index in [1.165, 1.54) is 11.1 Å². The summed E-state index contributed by atoms with van der Waals surface area (Å²) in [5.74, 6) is 0. The van der Waals surface area contributed by atoms with E-state index in [4.69, 9.17) is 0 Å². The third kappa shape index (κ3) is 2.70. The van der Waals surface area contributed by atoms with Crippen LogP contribution < -0.4 is 0 Å². The number of hydrogen-bond acceptors (Lipinski definition) is 3. The summed E-state index contributed by atoms with van der Waals surface area (Å²) in [4.78, 5) is 0.426. The van der Waals surface area contributed by atoms with Gasteiger partial charge >= 0.3 is 0 Å². The predicted molar refractivity (Wildman–Crippen MR) is 93.0 cm³/mol. The first kappa shape index (κ1) is 15.6. The lowest BCUT2D eigenvalue weighted by molar-refractivity contribution is 0.443. The van der Waals surface area contributed by atoms with Crippen molar-refractivity contribution in [2.24, 2.45) is 7.05 Å². The van der Waals surface area contributed by atoms with Gasteiger partial charge < -0.3 is 0 Å². The lowest BCUT2D eigenvalue weighted by atomic mass is 10.1. The Labute approximate surface area is 142 Å². The van der Waals surface area contributed by atoms with Crippen LogP contribution in [0.5, 0.6) is 0 Å². The first-order valence-corrected chi connectivity index (χ1v) is 9.78. The Bertz CT molecular complexity index is 912. The third-order valence-electron chi connectivity index (χ3n) is 4.90. The smallest absolute Gasteiger partial charge is 0.243 e. The molecule has 0 radical (unpaired) electrons. The fraction of sp³-hybridized carbons (Fsp3) is 0.389. The van der Waals surface area contributed by atoms with Gasteiger partial charge in [0.15, 0.2) is 0 Å². The summed E-state index contributed by atoms with van der Waals surface area (Å²) in [6, 6.07) is 5.62. The van der Waals surface area contributed by atoms with Crippen LogP contribution in [0.2, 0.25) is 0 Å². The second-order valence-corrected chi connectivity index (χ2v) is 8.48. The van der Waals surface area contributed by atoms with Crippen molar-refractivity contribution >= 4 is 15.6 Å². The molecule has 126 valence electrons. The average Bonchev–Trinajstić information content (AvgIpc) is 3.23. The topological polar surface area (TPSA) is 55.2 Å². The highest BCUT2D eigenvalue weighted by atomic mass is 32.2. The molecule has 1 aromatic heterocycles. The first-order chi connectivity index (χ1) is 11.5. The van der Waals surface area contributed by atoms with Crippen LogP contribution in [0.4, 0.5) is 0 Å². The van der Waals surface area contributed by atoms with Crippen LogP contribution in [0.25, 0.3) is 5.57 Å². The molecule has 6 heteroatoms. The third-order valence-corrected chi connectivity index (χ3v) is 6.74. The molecule has 0 amide bonds. The van der Waals surface area contributed by atoms with Crippen LogP contribution in [0.3, 0.4) is 0 Å². The fourth-order valence-corrected chi connectivity index (χ4v) is 5.06. The van der Waals surface area contributed by atoms with Crippen molar-refractivity contribution in [3.05, 3.63) is 53.4 Å². The van der Waals surface area contributed by atoms with Crippen LogP contribution in [0, 0.1) is 0 Å². The molecule has 4 rings (SSSR count). The molecule has 0 unspecified atom stereocenters. The summed E-state index contributed by atoms with van der Waals surface area (Å²) in [6.45, 7) is 0.939. The second kappa shape index (κ2) is 5.86. The minimum absolute atomic E-state index is 0.408. The highest BCUT2D eigenvalue weighted by molar-refractivity contribution is 7.89. The molecule has 0 bridgehead atoms. The Morgan fingerprint density at radius 3 is 2.79 bits per heavy atom. The van der Waals surface area contributed by atoms with E-state index in [2.05, 4.69) is 11.2 Å². The second-order valence-electron chi connectivity index (χ2n) is 6.54. The number of aryl methyl sites for hydroxylation is 3. The number of rotatable bonds is 3. The number of sulfonamides is 1. The summed E-state index contributed by atoms with van der Waals surface area (Å²) in [6.07, 6.45) is 9.73. The summed E-state index contributed by atoms with van der Waals surface area (Å²) < 4.78 is 29.4. The maximum Gasteiger partial charge on any atom is 0.243 e. The van der Waals surface area contributed by atoms with E-state index < -0.39 is 10.0 Å².